The van der Waals surface area contributed by atoms with Gasteiger partial charge in [-0.2, -0.15) is 26.3 Å². The van der Waals surface area contributed by atoms with Gasteiger partial charge in [0, 0.05) is 17.1 Å². The van der Waals surface area contributed by atoms with E-state index in [1.54, 1.807) is 6.07 Å². The molecule has 0 radical (unpaired) electrons. The van der Waals surface area contributed by atoms with Gasteiger partial charge in [-0.1, -0.05) is 25.0 Å². The molecule has 1 aromatic heterocycles. The Kier molecular flexibility index (Phi) is 9.05. The first-order valence-corrected chi connectivity index (χ1v) is 13.2. The van der Waals surface area contributed by atoms with E-state index in [-0.39, 0.29) is 24.1 Å². The van der Waals surface area contributed by atoms with Gasteiger partial charge < -0.3 is 20.7 Å². The summed E-state index contributed by atoms with van der Waals surface area (Å²) in [6, 6.07) is 4.34. The molecule has 3 N–H and O–H groups in total. The number of ether oxygens (including phenoxy) is 1. The molecule has 1 fully saturated rings. The molecule has 0 aliphatic heterocycles. The van der Waals surface area contributed by atoms with Gasteiger partial charge in [-0.3, -0.25) is 4.79 Å². The Labute approximate surface area is 233 Å². The molecule has 0 bridgehead atoms. The number of alkyl halides is 6. The number of carbonyl (C=O) groups excluding carboxylic acids is 2. The van der Waals surface area contributed by atoms with E-state index in [4.69, 9.17) is 4.74 Å². The van der Waals surface area contributed by atoms with E-state index in [0.717, 1.165) is 11.3 Å². The van der Waals surface area contributed by atoms with Crippen LogP contribution in [0, 0.1) is 5.82 Å². The smallest absolute Gasteiger partial charge is 0.416 e. The van der Waals surface area contributed by atoms with E-state index in [9.17, 15) is 40.3 Å². The molecule has 3 amide bonds. The Morgan fingerprint density at radius 3 is 2.15 bits per heavy atom. The molecule has 1 heterocycles. The fourth-order valence-corrected chi connectivity index (χ4v) is 4.95. The van der Waals surface area contributed by atoms with Crippen molar-refractivity contribution in [2.24, 2.45) is 0 Å². The van der Waals surface area contributed by atoms with Crippen molar-refractivity contribution in [1.29, 1.82) is 0 Å². The van der Waals surface area contributed by atoms with Crippen molar-refractivity contribution in [3.05, 3.63) is 75.5 Å². The third-order valence-corrected chi connectivity index (χ3v) is 7.04. The minimum absolute atomic E-state index is 0.0304. The Balaban J connectivity index is 1.38. The Morgan fingerprint density at radius 1 is 0.927 bits per heavy atom. The normalized spacial score (nSPS) is 17.5. The summed E-state index contributed by atoms with van der Waals surface area (Å²) in [7, 11) is 0. The van der Waals surface area contributed by atoms with Crippen LogP contribution in [-0.2, 0) is 19.0 Å². The van der Waals surface area contributed by atoms with Crippen molar-refractivity contribution in [3.8, 4) is 5.75 Å². The molecule has 4 rings (SSSR count). The highest BCUT2D eigenvalue weighted by Gasteiger charge is 2.37. The van der Waals surface area contributed by atoms with Crippen LogP contribution in [-0.4, -0.2) is 29.0 Å². The molecule has 1 aliphatic rings. The number of thiazole rings is 1. The largest absolute Gasteiger partial charge is 0.483 e. The molecule has 1 saturated carbocycles. The van der Waals surface area contributed by atoms with E-state index < -0.39 is 59.0 Å². The number of nitrogens with one attached hydrogen (secondary N) is 3. The summed E-state index contributed by atoms with van der Waals surface area (Å²) in [5.74, 6) is -1.07. The number of hydrogen-bond acceptors (Lipinski definition) is 5. The van der Waals surface area contributed by atoms with Gasteiger partial charge >= 0.3 is 18.4 Å². The van der Waals surface area contributed by atoms with Crippen LogP contribution in [0.3, 0.4) is 0 Å². The molecule has 1 aliphatic carbocycles. The summed E-state index contributed by atoms with van der Waals surface area (Å²) in [4.78, 5) is 29.6. The van der Waals surface area contributed by atoms with E-state index in [1.165, 1.54) is 23.6 Å². The van der Waals surface area contributed by atoms with Crippen LogP contribution in [0.5, 0.6) is 5.75 Å². The molecule has 2 atom stereocenters. The van der Waals surface area contributed by atoms with Gasteiger partial charge in [-0.25, -0.2) is 14.2 Å². The summed E-state index contributed by atoms with van der Waals surface area (Å²) >= 11 is 1.12. The zero-order valence-corrected chi connectivity index (χ0v) is 21.9. The van der Waals surface area contributed by atoms with Crippen molar-refractivity contribution in [3.63, 3.8) is 0 Å². The van der Waals surface area contributed by atoms with Crippen LogP contribution < -0.4 is 20.7 Å². The van der Waals surface area contributed by atoms with Gasteiger partial charge in [0.25, 0.3) is 5.91 Å². The maximum Gasteiger partial charge on any atom is 0.416 e. The molecule has 0 saturated heterocycles. The maximum absolute atomic E-state index is 13.7. The SMILES string of the molecule is O=C(Nc1cc(C(F)(F)F)cc(C(F)(F)F)c1)NC1CCCCC1NC(=O)c1csc(COc2ccccc2F)n1. The third-order valence-electron chi connectivity index (χ3n) is 6.22. The van der Waals surface area contributed by atoms with Crippen molar-refractivity contribution in [2.75, 3.05) is 5.32 Å². The van der Waals surface area contributed by atoms with Gasteiger partial charge in [-0.15, -0.1) is 11.3 Å². The second-order valence-electron chi connectivity index (χ2n) is 9.21. The van der Waals surface area contributed by atoms with Gasteiger partial charge in [0.2, 0.25) is 0 Å². The summed E-state index contributed by atoms with van der Waals surface area (Å²) in [6.45, 7) is -0.0712. The van der Waals surface area contributed by atoms with Crippen LogP contribution in [0.4, 0.5) is 41.2 Å². The van der Waals surface area contributed by atoms with Gasteiger partial charge in [-0.05, 0) is 43.2 Å². The zero-order chi connectivity index (χ0) is 29.8. The number of amides is 3. The number of nitrogens with zero attached hydrogens (tertiary/aromatic N) is 1. The number of anilines is 1. The Hall–Kier alpha value is -3.88. The minimum Gasteiger partial charge on any atom is -0.483 e. The van der Waals surface area contributed by atoms with Crippen molar-refractivity contribution in [1.82, 2.24) is 15.6 Å². The molecule has 7 nitrogen and oxygen atoms in total. The quantitative estimate of drug-likeness (QED) is 0.260. The fraction of sp³-hybridized carbons (Fsp3) is 0.346. The number of rotatable bonds is 7. The fourth-order valence-electron chi connectivity index (χ4n) is 4.26. The molecule has 2 unspecified atom stereocenters. The van der Waals surface area contributed by atoms with Gasteiger partial charge in [0.05, 0.1) is 17.2 Å². The number of benzene rings is 2. The molecular formula is C26H23F7N4O3S. The number of halogens is 7. The zero-order valence-electron chi connectivity index (χ0n) is 21.0. The molecule has 2 aromatic carbocycles. The first-order valence-electron chi connectivity index (χ1n) is 12.3. The number of aromatic nitrogens is 1. The predicted octanol–water partition coefficient (Wildman–Crippen LogP) is 6.76. The minimum atomic E-state index is -5.06. The maximum atomic E-state index is 13.7. The highest BCUT2D eigenvalue weighted by Crippen LogP contribution is 2.37. The van der Waals surface area contributed by atoms with Crippen molar-refractivity contribution < 1.29 is 45.1 Å². The lowest BCUT2D eigenvalue weighted by Crippen LogP contribution is -2.54. The number of para-hydroxylation sites is 1. The summed E-state index contributed by atoms with van der Waals surface area (Å²) < 4.78 is 97.9. The summed E-state index contributed by atoms with van der Waals surface area (Å²) in [5.41, 5.74) is -3.74. The predicted molar refractivity (Wildman–Crippen MR) is 135 cm³/mol. The lowest BCUT2D eigenvalue weighted by atomic mass is 9.90. The average Bonchev–Trinajstić information content (AvgIpc) is 3.37. The number of urea groups is 1. The van der Waals surface area contributed by atoms with E-state index >= 15 is 0 Å². The third kappa shape index (κ3) is 8.08. The van der Waals surface area contributed by atoms with E-state index in [0.29, 0.717) is 42.8 Å². The van der Waals surface area contributed by atoms with Crippen LogP contribution >= 0.6 is 11.3 Å². The number of carbonyl (C=O) groups is 2. The first-order chi connectivity index (χ1) is 19.3. The first kappa shape index (κ1) is 30.1. The second kappa shape index (κ2) is 12.3. The lowest BCUT2D eigenvalue weighted by Gasteiger charge is -2.32. The average molecular weight is 605 g/mol. The van der Waals surface area contributed by atoms with Crippen molar-refractivity contribution in [2.45, 2.75) is 56.7 Å². The van der Waals surface area contributed by atoms with Crippen LogP contribution in [0.15, 0.2) is 47.8 Å². The van der Waals surface area contributed by atoms with E-state index in [1.807, 2.05) is 5.32 Å². The highest BCUT2D eigenvalue weighted by atomic mass is 32.1. The monoisotopic (exact) mass is 604 g/mol. The second-order valence-corrected chi connectivity index (χ2v) is 10.2. The lowest BCUT2D eigenvalue weighted by molar-refractivity contribution is -0.143. The molecule has 41 heavy (non-hydrogen) atoms. The standard InChI is InChI=1S/C26H23F7N4O3S/c27-17-5-1-4-8-21(17)40-12-22-35-20(13-41-22)23(38)36-18-6-2-3-7-19(18)37-24(39)34-16-10-14(25(28,29)30)9-15(11-16)26(31,32)33/h1,4-5,8-11,13,18-19H,2-3,6-7,12H2,(H,36,38)(H2,34,37,39). The molecule has 3 aromatic rings. The van der Waals surface area contributed by atoms with Gasteiger partial charge in [0.1, 0.15) is 17.3 Å². The molecular weight excluding hydrogens is 581 g/mol. The molecule has 15 heteroatoms. The van der Waals surface area contributed by atoms with Crippen LogP contribution in [0.25, 0.3) is 0 Å². The summed E-state index contributed by atoms with van der Waals surface area (Å²) in [5, 5.41) is 9.25. The topological polar surface area (TPSA) is 92.4 Å². The molecule has 0 spiro atoms. The van der Waals surface area contributed by atoms with Crippen LogP contribution in [0.2, 0.25) is 0 Å². The number of hydrogen-bond donors (Lipinski definition) is 3. The Morgan fingerprint density at radius 2 is 1.54 bits per heavy atom. The van der Waals surface area contributed by atoms with Crippen molar-refractivity contribution >= 4 is 29.0 Å². The van der Waals surface area contributed by atoms with E-state index in [2.05, 4.69) is 15.6 Å². The molecule has 220 valence electrons. The van der Waals surface area contributed by atoms with Crippen LogP contribution in [0.1, 0.15) is 52.3 Å². The summed E-state index contributed by atoms with van der Waals surface area (Å²) in [6.07, 6.45) is -7.86. The Bertz CT molecular complexity index is 1360. The van der Waals surface area contributed by atoms with Gasteiger partial charge in [0.15, 0.2) is 11.6 Å². The highest BCUT2D eigenvalue weighted by molar-refractivity contribution is 7.09.